The molecule has 0 unspecified atom stereocenters. The van der Waals surface area contributed by atoms with Crippen LogP contribution in [0.5, 0.6) is 0 Å². The monoisotopic (exact) mass is 505 g/mol. The van der Waals surface area contributed by atoms with Crippen molar-refractivity contribution in [1.82, 2.24) is 19.1 Å². The first-order valence-corrected chi connectivity index (χ1v) is 12.8. The van der Waals surface area contributed by atoms with Crippen LogP contribution in [0.15, 0.2) is 90.2 Å². The zero-order valence-corrected chi connectivity index (χ0v) is 20.9. The third-order valence-corrected chi connectivity index (χ3v) is 7.51. The van der Waals surface area contributed by atoms with Crippen LogP contribution in [-0.2, 0) is 14.8 Å². The average molecular weight is 506 g/mol. The lowest BCUT2D eigenvalue weighted by atomic mass is 10.1. The van der Waals surface area contributed by atoms with E-state index < -0.39 is 15.9 Å². The number of methoxy groups -OCH3 is 1. The molecule has 0 aliphatic heterocycles. The summed E-state index contributed by atoms with van der Waals surface area (Å²) in [6, 6.07) is 19.3. The molecule has 186 valence electrons. The fraction of sp³-hybridized carbons (Fsp3) is 0.192. The van der Waals surface area contributed by atoms with E-state index in [4.69, 9.17) is 4.74 Å². The summed E-state index contributed by atoms with van der Waals surface area (Å²) in [6.45, 7) is 2.59. The largest absolute Gasteiger partial charge is 0.383 e. The number of carbonyl (C=O) groups excluding carboxylic acids is 1. The second-order valence-electron chi connectivity index (χ2n) is 7.88. The quantitative estimate of drug-likeness (QED) is 0.351. The van der Waals surface area contributed by atoms with Gasteiger partial charge in [0.2, 0.25) is 10.0 Å². The molecular formula is C26H27N5O4S. The number of nitrogens with one attached hydrogen (secondary N) is 1. The van der Waals surface area contributed by atoms with Gasteiger partial charge in [-0.3, -0.25) is 9.78 Å². The Morgan fingerprint density at radius 1 is 1.08 bits per heavy atom. The van der Waals surface area contributed by atoms with Gasteiger partial charge in [-0.25, -0.2) is 13.1 Å². The number of hydrogen-bond donors (Lipinski definition) is 1. The number of ether oxygens (including phenoxy) is 1. The number of para-hydroxylation sites is 1. The van der Waals surface area contributed by atoms with Crippen LogP contribution in [0.3, 0.4) is 0 Å². The summed E-state index contributed by atoms with van der Waals surface area (Å²) >= 11 is 0. The highest BCUT2D eigenvalue weighted by molar-refractivity contribution is 7.89. The van der Waals surface area contributed by atoms with E-state index in [0.29, 0.717) is 29.1 Å². The summed E-state index contributed by atoms with van der Waals surface area (Å²) in [5, 5.41) is 7.46. The maximum absolute atomic E-state index is 13.4. The Kier molecular flexibility index (Phi) is 7.89. The van der Waals surface area contributed by atoms with Gasteiger partial charge in [-0.1, -0.05) is 31.2 Å². The van der Waals surface area contributed by atoms with Gasteiger partial charge in [0.25, 0.3) is 5.91 Å². The number of rotatable bonds is 10. The molecule has 2 heterocycles. The van der Waals surface area contributed by atoms with Crippen molar-refractivity contribution >= 4 is 21.6 Å². The summed E-state index contributed by atoms with van der Waals surface area (Å²) in [6.07, 6.45) is 4.94. The Morgan fingerprint density at radius 3 is 2.58 bits per heavy atom. The first-order chi connectivity index (χ1) is 17.4. The Labute approximate surface area is 210 Å². The first-order valence-electron chi connectivity index (χ1n) is 11.4. The zero-order chi connectivity index (χ0) is 25.5. The number of benzene rings is 2. The van der Waals surface area contributed by atoms with E-state index in [9.17, 15) is 13.2 Å². The molecule has 0 saturated carbocycles. The first kappa shape index (κ1) is 25.2. The van der Waals surface area contributed by atoms with E-state index >= 15 is 0 Å². The van der Waals surface area contributed by atoms with Crippen molar-refractivity contribution in [2.45, 2.75) is 11.8 Å². The Balaban J connectivity index is 1.66. The Morgan fingerprint density at radius 2 is 1.89 bits per heavy atom. The molecule has 1 N–H and O–H groups in total. The fourth-order valence-corrected chi connectivity index (χ4v) is 5.17. The molecule has 0 saturated heterocycles. The second-order valence-corrected chi connectivity index (χ2v) is 9.82. The van der Waals surface area contributed by atoms with Crippen LogP contribution in [0, 0.1) is 0 Å². The summed E-state index contributed by atoms with van der Waals surface area (Å²) in [5.41, 5.74) is 2.63. The lowest BCUT2D eigenvalue weighted by Crippen LogP contribution is -2.33. The van der Waals surface area contributed by atoms with Crippen molar-refractivity contribution in [3.8, 4) is 16.9 Å². The van der Waals surface area contributed by atoms with E-state index in [2.05, 4.69) is 15.4 Å². The van der Waals surface area contributed by atoms with Crippen molar-refractivity contribution in [1.29, 1.82) is 0 Å². The van der Waals surface area contributed by atoms with Crippen LogP contribution in [0.2, 0.25) is 0 Å². The number of anilines is 1. The van der Waals surface area contributed by atoms with Gasteiger partial charge in [-0.05, 0) is 42.5 Å². The molecule has 0 bridgehead atoms. The molecule has 2 aromatic heterocycles. The fourth-order valence-electron chi connectivity index (χ4n) is 3.69. The van der Waals surface area contributed by atoms with Crippen molar-refractivity contribution in [2.75, 3.05) is 32.1 Å². The highest BCUT2D eigenvalue weighted by Gasteiger charge is 2.24. The molecule has 0 fully saturated rings. The lowest BCUT2D eigenvalue weighted by Gasteiger charge is -2.20. The predicted octanol–water partition coefficient (Wildman–Crippen LogP) is 3.84. The average Bonchev–Trinajstić information content (AvgIpc) is 3.36. The molecule has 0 atom stereocenters. The number of nitrogens with zero attached hydrogens (tertiary/aromatic N) is 4. The van der Waals surface area contributed by atoms with Crippen LogP contribution in [0.4, 0.5) is 5.69 Å². The van der Waals surface area contributed by atoms with E-state index in [1.54, 1.807) is 48.4 Å². The van der Waals surface area contributed by atoms with Gasteiger partial charge in [-0.2, -0.15) is 9.40 Å². The third kappa shape index (κ3) is 5.51. The van der Waals surface area contributed by atoms with Crippen molar-refractivity contribution in [2.24, 2.45) is 0 Å². The zero-order valence-electron chi connectivity index (χ0n) is 20.0. The van der Waals surface area contributed by atoms with Crippen LogP contribution < -0.4 is 5.32 Å². The molecule has 0 aliphatic rings. The van der Waals surface area contributed by atoms with Crippen molar-refractivity contribution in [3.05, 3.63) is 90.9 Å². The second kappa shape index (κ2) is 11.3. The number of amides is 1. The maximum atomic E-state index is 13.4. The van der Waals surface area contributed by atoms with Gasteiger partial charge >= 0.3 is 0 Å². The lowest BCUT2D eigenvalue weighted by molar-refractivity contribution is 0.102. The van der Waals surface area contributed by atoms with Gasteiger partial charge in [0.1, 0.15) is 5.69 Å². The standard InChI is InChI=1S/C26H27N5O4S/c1-3-30(15-16-35-2)36(33,34)23-13-7-10-21(17-23)28-26(32)24-19-31(22-11-5-4-6-12-22)29-25(24)20-9-8-14-27-18-20/h4-14,17-19H,3,15-16H2,1-2H3,(H,28,32). The van der Waals surface area contributed by atoms with Crippen LogP contribution in [0.25, 0.3) is 16.9 Å². The van der Waals surface area contributed by atoms with Crippen molar-refractivity contribution < 1.29 is 17.9 Å². The summed E-state index contributed by atoms with van der Waals surface area (Å²) < 4.78 is 34.2. The highest BCUT2D eigenvalue weighted by atomic mass is 32.2. The normalized spacial score (nSPS) is 11.5. The van der Waals surface area contributed by atoms with Crippen LogP contribution >= 0.6 is 0 Å². The Hall–Kier alpha value is -3.86. The van der Waals surface area contributed by atoms with E-state index in [0.717, 1.165) is 5.69 Å². The van der Waals surface area contributed by atoms with E-state index in [1.807, 2.05) is 36.4 Å². The minimum absolute atomic E-state index is 0.0886. The Bertz CT molecular complexity index is 1420. The minimum atomic E-state index is -3.75. The summed E-state index contributed by atoms with van der Waals surface area (Å²) in [5.74, 6) is -0.419. The van der Waals surface area contributed by atoms with Gasteiger partial charge < -0.3 is 10.1 Å². The number of hydrogen-bond acceptors (Lipinski definition) is 6. The number of sulfonamides is 1. The van der Waals surface area contributed by atoms with Gasteiger partial charge in [0, 0.05) is 50.0 Å². The number of pyridine rings is 1. The number of carbonyl (C=O) groups is 1. The minimum Gasteiger partial charge on any atom is -0.383 e. The third-order valence-electron chi connectivity index (χ3n) is 5.54. The summed E-state index contributed by atoms with van der Waals surface area (Å²) in [4.78, 5) is 17.6. The maximum Gasteiger partial charge on any atom is 0.259 e. The predicted molar refractivity (Wildman–Crippen MR) is 137 cm³/mol. The molecule has 10 heteroatoms. The topological polar surface area (TPSA) is 106 Å². The highest BCUT2D eigenvalue weighted by Crippen LogP contribution is 2.25. The summed E-state index contributed by atoms with van der Waals surface area (Å²) in [7, 11) is -2.23. The molecule has 9 nitrogen and oxygen atoms in total. The van der Waals surface area contributed by atoms with Gasteiger partial charge in [0.15, 0.2) is 0 Å². The van der Waals surface area contributed by atoms with Crippen molar-refractivity contribution in [3.63, 3.8) is 0 Å². The van der Waals surface area contributed by atoms with Crippen LogP contribution in [-0.4, -0.2) is 60.2 Å². The molecule has 0 aliphatic carbocycles. The molecule has 4 rings (SSSR count). The molecule has 2 aromatic carbocycles. The number of likely N-dealkylation sites (N-methyl/N-ethyl adjacent to an activating group) is 1. The molecule has 1 amide bonds. The van der Waals surface area contributed by atoms with Gasteiger partial charge in [-0.15, -0.1) is 0 Å². The van der Waals surface area contributed by atoms with Crippen LogP contribution in [0.1, 0.15) is 17.3 Å². The van der Waals surface area contributed by atoms with E-state index in [1.165, 1.54) is 23.5 Å². The molecule has 36 heavy (non-hydrogen) atoms. The molecular weight excluding hydrogens is 478 g/mol. The molecule has 0 spiro atoms. The van der Waals surface area contributed by atoms with E-state index in [-0.39, 0.29) is 18.0 Å². The smallest absolute Gasteiger partial charge is 0.259 e. The molecule has 4 aromatic rings. The number of aromatic nitrogens is 3. The molecule has 0 radical (unpaired) electrons. The SMILES string of the molecule is CCN(CCOC)S(=O)(=O)c1cccc(NC(=O)c2cn(-c3ccccc3)nc2-c2cccnc2)c1. The van der Waals surface area contributed by atoms with Gasteiger partial charge in [0.05, 0.1) is 22.8 Å².